The van der Waals surface area contributed by atoms with Crippen LogP contribution in [0.15, 0.2) is 24.5 Å². The van der Waals surface area contributed by atoms with E-state index in [1.807, 2.05) is 18.5 Å². The molecule has 0 saturated carbocycles. The Morgan fingerprint density at radius 3 is 3.07 bits per heavy atom. The smallest absolute Gasteiger partial charge is 0.0992 e. The Balaban J connectivity index is 2.43. The molecule has 0 aliphatic carbocycles. The molecule has 0 aliphatic heterocycles. The third-order valence-electron chi connectivity index (χ3n) is 2.40. The van der Waals surface area contributed by atoms with Gasteiger partial charge in [0.2, 0.25) is 0 Å². The molecule has 0 atom stereocenters. The van der Waals surface area contributed by atoms with Gasteiger partial charge in [0.05, 0.1) is 29.0 Å². The fourth-order valence-corrected chi connectivity index (χ4v) is 1.59. The molecule has 0 bridgehead atoms. The van der Waals surface area contributed by atoms with E-state index in [9.17, 15) is 0 Å². The Labute approximate surface area is 89.0 Å². The second-order valence-corrected chi connectivity index (χ2v) is 3.46. The minimum Gasteiger partial charge on any atom is -0.331 e. The first-order valence-electron chi connectivity index (χ1n) is 4.99. The maximum absolute atomic E-state index is 8.81. The molecule has 0 aliphatic rings. The summed E-state index contributed by atoms with van der Waals surface area (Å²) in [6.07, 6.45) is 3.77. The van der Waals surface area contributed by atoms with E-state index in [4.69, 9.17) is 5.26 Å². The van der Waals surface area contributed by atoms with Crippen LogP contribution in [0.3, 0.4) is 0 Å². The van der Waals surface area contributed by atoms with Gasteiger partial charge in [-0.3, -0.25) is 0 Å². The molecular formula is C12H12N3. The molecule has 15 heavy (non-hydrogen) atoms. The van der Waals surface area contributed by atoms with Gasteiger partial charge >= 0.3 is 0 Å². The Morgan fingerprint density at radius 2 is 2.33 bits per heavy atom. The lowest BCUT2D eigenvalue weighted by molar-refractivity contribution is 0.664. The van der Waals surface area contributed by atoms with Crippen molar-refractivity contribution in [2.75, 3.05) is 0 Å². The maximum Gasteiger partial charge on any atom is 0.0992 e. The van der Waals surface area contributed by atoms with Crippen molar-refractivity contribution < 1.29 is 0 Å². The van der Waals surface area contributed by atoms with Crippen LogP contribution in [0.4, 0.5) is 0 Å². The van der Waals surface area contributed by atoms with Crippen molar-refractivity contribution in [3.8, 4) is 6.07 Å². The van der Waals surface area contributed by atoms with Gasteiger partial charge in [-0.05, 0) is 24.6 Å². The molecule has 0 N–H and O–H groups in total. The average molecular weight is 198 g/mol. The Bertz CT molecular complexity index is 505. The molecule has 0 saturated heterocycles. The highest BCUT2D eigenvalue weighted by Crippen LogP contribution is 2.15. The standard InChI is InChI=1S/C12H12N3/c1-2-3-6-15-9-14-11-5-4-10(8-13)7-12(11)15/h4-5,7,9H,1-3,6H2. The van der Waals surface area contributed by atoms with Crippen LogP contribution in [0, 0.1) is 18.3 Å². The summed E-state index contributed by atoms with van der Waals surface area (Å²) >= 11 is 0. The van der Waals surface area contributed by atoms with Gasteiger partial charge in [-0.15, -0.1) is 0 Å². The average Bonchev–Trinajstić information content (AvgIpc) is 2.68. The second kappa shape index (κ2) is 4.14. The van der Waals surface area contributed by atoms with Crippen LogP contribution >= 0.6 is 0 Å². The lowest BCUT2D eigenvalue weighted by Crippen LogP contribution is -1.95. The first-order chi connectivity index (χ1) is 7.35. The number of hydrogen-bond acceptors (Lipinski definition) is 2. The zero-order valence-corrected chi connectivity index (χ0v) is 8.48. The Kier molecular flexibility index (Phi) is 2.68. The number of rotatable bonds is 3. The van der Waals surface area contributed by atoms with Crippen molar-refractivity contribution in [2.45, 2.75) is 19.4 Å². The third-order valence-corrected chi connectivity index (χ3v) is 2.40. The quantitative estimate of drug-likeness (QED) is 0.760. The minimum atomic E-state index is 0.680. The van der Waals surface area contributed by atoms with Gasteiger partial charge in [0.15, 0.2) is 0 Å². The zero-order valence-electron chi connectivity index (χ0n) is 8.48. The summed E-state index contributed by atoms with van der Waals surface area (Å²) in [4.78, 5) is 4.28. The number of unbranched alkanes of at least 4 members (excludes halogenated alkanes) is 1. The number of hydrogen-bond donors (Lipinski definition) is 0. The Morgan fingerprint density at radius 1 is 1.47 bits per heavy atom. The minimum absolute atomic E-state index is 0.680. The van der Waals surface area contributed by atoms with E-state index in [0.29, 0.717) is 5.56 Å². The van der Waals surface area contributed by atoms with Gasteiger partial charge in [-0.1, -0.05) is 13.3 Å². The van der Waals surface area contributed by atoms with Crippen LogP contribution in [-0.4, -0.2) is 9.55 Å². The van der Waals surface area contributed by atoms with E-state index < -0.39 is 0 Å². The van der Waals surface area contributed by atoms with Crippen LogP contribution in [0.2, 0.25) is 0 Å². The monoisotopic (exact) mass is 198 g/mol. The topological polar surface area (TPSA) is 41.6 Å². The van der Waals surface area contributed by atoms with E-state index in [0.717, 1.165) is 30.4 Å². The van der Waals surface area contributed by atoms with Crippen LogP contribution in [-0.2, 0) is 6.54 Å². The zero-order chi connectivity index (χ0) is 10.7. The normalized spacial score (nSPS) is 10.4. The molecule has 0 unspecified atom stereocenters. The predicted octanol–water partition coefficient (Wildman–Crippen LogP) is 2.52. The van der Waals surface area contributed by atoms with E-state index >= 15 is 0 Å². The molecule has 0 fully saturated rings. The summed E-state index contributed by atoms with van der Waals surface area (Å²) < 4.78 is 2.07. The van der Waals surface area contributed by atoms with Gasteiger partial charge in [-0.25, -0.2) is 4.98 Å². The first kappa shape index (κ1) is 9.72. The molecule has 0 amide bonds. The van der Waals surface area contributed by atoms with E-state index in [2.05, 4.69) is 22.5 Å². The highest BCUT2D eigenvalue weighted by Gasteiger charge is 2.02. The van der Waals surface area contributed by atoms with E-state index in [1.54, 1.807) is 6.07 Å². The maximum atomic E-state index is 8.81. The number of aromatic nitrogens is 2. The molecule has 1 aromatic heterocycles. The van der Waals surface area contributed by atoms with Crippen molar-refractivity contribution >= 4 is 11.0 Å². The molecule has 75 valence electrons. The number of nitriles is 1. The fraction of sp³-hybridized carbons (Fsp3) is 0.250. The molecule has 2 rings (SSSR count). The second-order valence-electron chi connectivity index (χ2n) is 3.46. The van der Waals surface area contributed by atoms with Crippen molar-refractivity contribution in [2.24, 2.45) is 0 Å². The molecule has 1 aromatic carbocycles. The molecule has 2 aromatic rings. The van der Waals surface area contributed by atoms with Crippen molar-refractivity contribution in [3.63, 3.8) is 0 Å². The van der Waals surface area contributed by atoms with Gasteiger partial charge in [0.1, 0.15) is 0 Å². The lowest BCUT2D eigenvalue weighted by atomic mass is 10.2. The van der Waals surface area contributed by atoms with Gasteiger partial charge in [0, 0.05) is 6.54 Å². The van der Waals surface area contributed by atoms with E-state index in [1.165, 1.54) is 0 Å². The van der Waals surface area contributed by atoms with Crippen LogP contribution < -0.4 is 0 Å². The Hall–Kier alpha value is -1.82. The fourth-order valence-electron chi connectivity index (χ4n) is 1.59. The number of fused-ring (bicyclic) bond motifs is 1. The summed E-state index contributed by atoms with van der Waals surface area (Å²) in [6, 6.07) is 7.70. The van der Waals surface area contributed by atoms with E-state index in [-0.39, 0.29) is 0 Å². The first-order valence-corrected chi connectivity index (χ1v) is 4.99. The summed E-state index contributed by atoms with van der Waals surface area (Å²) in [7, 11) is 0. The SMILES string of the molecule is [CH2]CCCn1cnc2ccc(C#N)cc21. The molecule has 1 heterocycles. The highest BCUT2D eigenvalue weighted by atomic mass is 15.0. The predicted molar refractivity (Wildman–Crippen MR) is 59.0 cm³/mol. The van der Waals surface area contributed by atoms with Crippen molar-refractivity contribution in [1.82, 2.24) is 9.55 Å². The van der Waals surface area contributed by atoms with Crippen molar-refractivity contribution in [1.29, 1.82) is 5.26 Å². The van der Waals surface area contributed by atoms with Gasteiger partial charge in [-0.2, -0.15) is 5.26 Å². The van der Waals surface area contributed by atoms with Crippen LogP contribution in [0.25, 0.3) is 11.0 Å². The largest absolute Gasteiger partial charge is 0.331 e. The van der Waals surface area contributed by atoms with Crippen molar-refractivity contribution in [3.05, 3.63) is 37.0 Å². The lowest BCUT2D eigenvalue weighted by Gasteiger charge is -2.02. The third kappa shape index (κ3) is 1.84. The molecule has 3 heteroatoms. The van der Waals surface area contributed by atoms with Crippen LogP contribution in [0.1, 0.15) is 18.4 Å². The molecule has 3 nitrogen and oxygen atoms in total. The van der Waals surface area contributed by atoms with Crippen LogP contribution in [0.5, 0.6) is 0 Å². The molecular weight excluding hydrogens is 186 g/mol. The summed E-state index contributed by atoms with van der Waals surface area (Å²) in [5.74, 6) is 0. The van der Waals surface area contributed by atoms with Gasteiger partial charge in [0.25, 0.3) is 0 Å². The summed E-state index contributed by atoms with van der Waals surface area (Å²) in [5, 5.41) is 8.81. The number of imidazole rings is 1. The number of benzene rings is 1. The molecule has 0 spiro atoms. The summed E-state index contributed by atoms with van der Waals surface area (Å²) in [6.45, 7) is 4.72. The number of nitrogens with zero attached hydrogens (tertiary/aromatic N) is 3. The van der Waals surface area contributed by atoms with Gasteiger partial charge < -0.3 is 4.57 Å². The number of aryl methyl sites for hydroxylation is 1. The molecule has 1 radical (unpaired) electrons. The highest BCUT2D eigenvalue weighted by molar-refractivity contribution is 5.76. The summed E-state index contributed by atoms with van der Waals surface area (Å²) in [5.41, 5.74) is 2.65.